The van der Waals surface area contributed by atoms with Crippen LogP contribution in [-0.4, -0.2) is 15.0 Å². The standard InChI is InChI=1S/C43H33N3O/c1-3-10-27(11-4-1)40-44-41(28-12-5-2-6-13-28)46-42(45-40)35-16-9-15-32-33-18-19-34-31-14-7-8-17-36(31)47-39(34)38(33)43(37(32)35)29-21-25-20-26(23-29)24-30(43)22-25/h1-19,25-26,29-30H,20-24H2. The van der Waals surface area contributed by atoms with Crippen molar-refractivity contribution in [2.75, 3.05) is 0 Å². The van der Waals surface area contributed by atoms with Crippen molar-refractivity contribution < 1.29 is 4.42 Å². The Balaban J connectivity index is 1.23. The maximum Gasteiger partial charge on any atom is 0.164 e. The summed E-state index contributed by atoms with van der Waals surface area (Å²) in [4.78, 5) is 15.6. The van der Waals surface area contributed by atoms with Crippen LogP contribution in [0.2, 0.25) is 0 Å². The highest BCUT2D eigenvalue weighted by molar-refractivity contribution is 6.09. The van der Waals surface area contributed by atoms with Crippen molar-refractivity contribution >= 4 is 21.9 Å². The minimum absolute atomic E-state index is 0.130. The van der Waals surface area contributed by atoms with Gasteiger partial charge in [-0.1, -0.05) is 103 Å². The van der Waals surface area contributed by atoms with E-state index < -0.39 is 0 Å². The van der Waals surface area contributed by atoms with Gasteiger partial charge in [-0.25, -0.2) is 15.0 Å². The number of benzene rings is 5. The molecule has 0 aliphatic heterocycles. The normalized spacial score (nSPS) is 25.1. The average Bonchev–Trinajstić information content (AvgIpc) is 3.65. The smallest absolute Gasteiger partial charge is 0.164 e. The van der Waals surface area contributed by atoms with E-state index in [0.29, 0.717) is 23.5 Å². The van der Waals surface area contributed by atoms with Crippen molar-refractivity contribution in [1.82, 2.24) is 15.0 Å². The fourth-order valence-corrected chi connectivity index (χ4v) is 10.6. The highest BCUT2D eigenvalue weighted by atomic mass is 16.3. The van der Waals surface area contributed by atoms with Gasteiger partial charge in [0.05, 0.1) is 0 Å². The van der Waals surface area contributed by atoms with Crippen LogP contribution in [0.3, 0.4) is 0 Å². The third-order valence-electron chi connectivity index (χ3n) is 12.1. The molecule has 4 bridgehead atoms. The molecule has 2 aromatic heterocycles. The Labute approximate surface area is 273 Å². The van der Waals surface area contributed by atoms with Gasteiger partial charge < -0.3 is 4.42 Å². The van der Waals surface area contributed by atoms with E-state index in [4.69, 9.17) is 19.4 Å². The number of furan rings is 1. The molecule has 5 aromatic carbocycles. The summed E-state index contributed by atoms with van der Waals surface area (Å²) in [5, 5.41) is 2.44. The first-order chi connectivity index (χ1) is 23.3. The second kappa shape index (κ2) is 9.48. The SMILES string of the molecule is c1ccc(-c2nc(-c3ccccc3)nc(-c3cccc4c3C3(c5c-4ccc4c5oc5ccccc54)C4CC5CC(C4)CC3C5)n2)cc1. The lowest BCUT2D eigenvalue weighted by Gasteiger charge is -2.61. The predicted molar refractivity (Wildman–Crippen MR) is 187 cm³/mol. The van der Waals surface area contributed by atoms with Crippen LogP contribution in [0.25, 0.3) is 67.2 Å². The van der Waals surface area contributed by atoms with Gasteiger partial charge in [-0.3, -0.25) is 0 Å². The van der Waals surface area contributed by atoms with E-state index in [1.165, 1.54) is 65.1 Å². The number of nitrogens with zero attached hydrogens (tertiary/aromatic N) is 3. The van der Waals surface area contributed by atoms with Crippen molar-refractivity contribution in [3.63, 3.8) is 0 Å². The molecule has 2 heterocycles. The topological polar surface area (TPSA) is 51.8 Å². The molecule has 47 heavy (non-hydrogen) atoms. The lowest BCUT2D eigenvalue weighted by Crippen LogP contribution is -2.55. The maximum atomic E-state index is 6.92. The number of rotatable bonds is 3. The number of fused-ring (bicyclic) bond motifs is 7. The quantitative estimate of drug-likeness (QED) is 0.201. The Morgan fingerprint density at radius 3 is 1.72 bits per heavy atom. The monoisotopic (exact) mass is 607 g/mol. The molecule has 0 atom stereocenters. The van der Waals surface area contributed by atoms with Gasteiger partial charge >= 0.3 is 0 Å². The van der Waals surface area contributed by atoms with E-state index in [9.17, 15) is 0 Å². The number of hydrogen-bond acceptors (Lipinski definition) is 4. The van der Waals surface area contributed by atoms with Crippen molar-refractivity contribution in [2.24, 2.45) is 23.7 Å². The third kappa shape index (κ3) is 3.51. The van der Waals surface area contributed by atoms with Crippen molar-refractivity contribution in [2.45, 2.75) is 37.5 Å². The molecule has 5 aliphatic carbocycles. The molecule has 0 N–H and O–H groups in total. The van der Waals surface area contributed by atoms with Crippen LogP contribution in [0.15, 0.2) is 120 Å². The van der Waals surface area contributed by atoms with Crippen molar-refractivity contribution in [3.8, 4) is 45.3 Å². The Kier molecular flexibility index (Phi) is 5.25. The maximum absolute atomic E-state index is 6.92. The van der Waals surface area contributed by atoms with Gasteiger partial charge in [0, 0.05) is 38.4 Å². The summed E-state index contributed by atoms with van der Waals surface area (Å²) in [5.74, 6) is 5.00. The zero-order chi connectivity index (χ0) is 30.7. The zero-order valence-corrected chi connectivity index (χ0v) is 26.1. The summed E-state index contributed by atoms with van der Waals surface area (Å²) in [6, 6.07) is 40.8. The Morgan fingerprint density at radius 2 is 1.04 bits per heavy atom. The predicted octanol–water partition coefficient (Wildman–Crippen LogP) is 10.5. The van der Waals surface area contributed by atoms with Gasteiger partial charge in [0.15, 0.2) is 17.5 Å². The lowest BCUT2D eigenvalue weighted by atomic mass is 9.42. The molecule has 4 saturated carbocycles. The molecule has 0 radical (unpaired) electrons. The zero-order valence-electron chi connectivity index (χ0n) is 26.1. The van der Waals surface area contributed by atoms with E-state index in [0.717, 1.165) is 45.5 Å². The van der Waals surface area contributed by atoms with Crippen LogP contribution in [0.5, 0.6) is 0 Å². The van der Waals surface area contributed by atoms with E-state index in [1.807, 2.05) is 12.1 Å². The molecule has 0 saturated heterocycles. The summed E-state index contributed by atoms with van der Waals surface area (Å²) in [6.07, 6.45) is 6.57. The molecule has 7 aromatic rings. The average molecular weight is 608 g/mol. The molecule has 12 rings (SSSR count). The lowest BCUT2D eigenvalue weighted by molar-refractivity contribution is -0.0394. The minimum Gasteiger partial charge on any atom is -0.456 e. The molecule has 4 nitrogen and oxygen atoms in total. The van der Waals surface area contributed by atoms with Gasteiger partial charge in [0.1, 0.15) is 11.2 Å². The largest absolute Gasteiger partial charge is 0.456 e. The van der Waals surface area contributed by atoms with Crippen LogP contribution in [0.4, 0.5) is 0 Å². The first-order valence-electron chi connectivity index (χ1n) is 17.2. The van der Waals surface area contributed by atoms with E-state index >= 15 is 0 Å². The summed E-state index contributed by atoms with van der Waals surface area (Å²) >= 11 is 0. The van der Waals surface area contributed by atoms with Gasteiger partial charge in [0.25, 0.3) is 0 Å². The fourth-order valence-electron chi connectivity index (χ4n) is 10.6. The Hall–Kier alpha value is -5.09. The summed E-state index contributed by atoms with van der Waals surface area (Å²) in [6.45, 7) is 0. The molecule has 5 aliphatic rings. The minimum atomic E-state index is -0.130. The van der Waals surface area contributed by atoms with Crippen molar-refractivity contribution in [3.05, 3.63) is 126 Å². The first kappa shape index (κ1) is 26.0. The Morgan fingerprint density at radius 1 is 0.468 bits per heavy atom. The first-order valence-corrected chi connectivity index (χ1v) is 17.2. The van der Waals surface area contributed by atoms with Gasteiger partial charge in [0.2, 0.25) is 0 Å². The molecule has 0 unspecified atom stereocenters. The van der Waals surface area contributed by atoms with Crippen LogP contribution in [0.1, 0.15) is 43.2 Å². The van der Waals surface area contributed by atoms with E-state index in [-0.39, 0.29) is 5.41 Å². The van der Waals surface area contributed by atoms with Crippen LogP contribution in [0, 0.1) is 23.7 Å². The number of hydrogen-bond donors (Lipinski definition) is 0. The van der Waals surface area contributed by atoms with E-state index in [1.54, 1.807) is 0 Å². The molecule has 226 valence electrons. The van der Waals surface area contributed by atoms with Crippen molar-refractivity contribution in [1.29, 1.82) is 0 Å². The second-order valence-electron chi connectivity index (χ2n) is 14.4. The van der Waals surface area contributed by atoms with Crippen LogP contribution < -0.4 is 0 Å². The van der Waals surface area contributed by atoms with Gasteiger partial charge in [-0.05, 0) is 84.6 Å². The van der Waals surface area contributed by atoms with Crippen LogP contribution >= 0.6 is 0 Å². The van der Waals surface area contributed by atoms with E-state index in [2.05, 4.69) is 103 Å². The fraction of sp³-hybridized carbons (Fsp3) is 0.233. The highest BCUT2D eigenvalue weighted by Crippen LogP contribution is 2.71. The molecule has 0 amide bonds. The van der Waals surface area contributed by atoms with Crippen LogP contribution in [-0.2, 0) is 5.41 Å². The molecule has 4 fully saturated rings. The summed E-state index contributed by atoms with van der Waals surface area (Å²) < 4.78 is 6.92. The summed E-state index contributed by atoms with van der Waals surface area (Å²) in [5.41, 5.74) is 10.6. The molecule has 1 spiro atoms. The third-order valence-corrected chi connectivity index (χ3v) is 12.1. The second-order valence-corrected chi connectivity index (χ2v) is 14.4. The molecule has 4 heteroatoms. The summed E-state index contributed by atoms with van der Waals surface area (Å²) in [7, 11) is 0. The van der Waals surface area contributed by atoms with Gasteiger partial charge in [-0.15, -0.1) is 0 Å². The molecular formula is C43H33N3O. The number of para-hydroxylation sites is 1. The molecular weight excluding hydrogens is 574 g/mol. The number of aromatic nitrogens is 3. The highest BCUT2D eigenvalue weighted by Gasteiger charge is 2.63. The Bertz CT molecular complexity index is 2290. The van der Waals surface area contributed by atoms with Gasteiger partial charge in [-0.2, -0.15) is 0 Å².